The molecule has 0 aliphatic heterocycles. The SMILES string of the molecule is CCCCCCCCN(C=O)NC(=O)C(F)(F)F. The third-order valence-electron chi connectivity index (χ3n) is 2.38. The molecule has 0 rings (SSSR count). The summed E-state index contributed by atoms with van der Waals surface area (Å²) in [4.78, 5) is 21.0. The first-order valence-corrected chi connectivity index (χ1v) is 6.01. The molecule has 4 nitrogen and oxygen atoms in total. The molecule has 0 spiro atoms. The third-order valence-corrected chi connectivity index (χ3v) is 2.38. The molecule has 0 heterocycles. The summed E-state index contributed by atoms with van der Waals surface area (Å²) >= 11 is 0. The van der Waals surface area contributed by atoms with Gasteiger partial charge in [-0.2, -0.15) is 13.2 Å². The summed E-state index contributed by atoms with van der Waals surface area (Å²) < 4.78 is 35.8. The number of hydrogen-bond acceptors (Lipinski definition) is 2. The molecule has 18 heavy (non-hydrogen) atoms. The zero-order chi connectivity index (χ0) is 14.0. The number of amides is 2. The van der Waals surface area contributed by atoms with E-state index in [0.717, 1.165) is 32.1 Å². The largest absolute Gasteiger partial charge is 0.472 e. The van der Waals surface area contributed by atoms with E-state index >= 15 is 0 Å². The van der Waals surface area contributed by atoms with Crippen LogP contribution in [0, 0.1) is 0 Å². The van der Waals surface area contributed by atoms with Gasteiger partial charge in [-0.25, -0.2) is 0 Å². The molecule has 0 radical (unpaired) electrons. The average molecular weight is 268 g/mol. The molecule has 0 saturated carbocycles. The Morgan fingerprint density at radius 3 is 2.22 bits per heavy atom. The van der Waals surface area contributed by atoms with Crippen molar-refractivity contribution in [3.05, 3.63) is 0 Å². The van der Waals surface area contributed by atoms with Crippen molar-refractivity contribution < 1.29 is 22.8 Å². The monoisotopic (exact) mass is 268 g/mol. The maximum Gasteiger partial charge on any atom is 0.472 e. The fraction of sp³-hybridized carbons (Fsp3) is 0.818. The normalized spacial score (nSPS) is 11.1. The van der Waals surface area contributed by atoms with Gasteiger partial charge >= 0.3 is 12.1 Å². The summed E-state index contributed by atoms with van der Waals surface area (Å²) in [5, 5.41) is 0.635. The quantitative estimate of drug-likeness (QED) is 0.396. The minimum atomic E-state index is -4.97. The van der Waals surface area contributed by atoms with E-state index in [4.69, 9.17) is 0 Å². The molecule has 0 saturated heterocycles. The van der Waals surface area contributed by atoms with Crippen molar-refractivity contribution in [1.82, 2.24) is 10.4 Å². The van der Waals surface area contributed by atoms with Crippen LogP contribution in [0.3, 0.4) is 0 Å². The Kier molecular flexibility index (Phi) is 8.15. The maximum absolute atomic E-state index is 11.9. The highest BCUT2D eigenvalue weighted by Gasteiger charge is 2.39. The van der Waals surface area contributed by atoms with Crippen molar-refractivity contribution in [1.29, 1.82) is 0 Å². The van der Waals surface area contributed by atoms with Crippen molar-refractivity contribution in [2.24, 2.45) is 0 Å². The number of rotatable bonds is 9. The van der Waals surface area contributed by atoms with Gasteiger partial charge in [-0.15, -0.1) is 0 Å². The molecule has 0 aliphatic carbocycles. The van der Waals surface area contributed by atoms with E-state index in [1.807, 2.05) is 0 Å². The topological polar surface area (TPSA) is 49.4 Å². The van der Waals surface area contributed by atoms with Gasteiger partial charge in [0.1, 0.15) is 0 Å². The van der Waals surface area contributed by atoms with E-state index in [-0.39, 0.29) is 13.0 Å². The summed E-state index contributed by atoms with van der Waals surface area (Å²) in [6.07, 6.45) is 0.912. The lowest BCUT2D eigenvalue weighted by Gasteiger charge is -2.18. The molecule has 0 fully saturated rings. The van der Waals surface area contributed by atoms with E-state index in [2.05, 4.69) is 6.92 Å². The van der Waals surface area contributed by atoms with Gasteiger partial charge in [-0.1, -0.05) is 39.0 Å². The number of nitrogens with zero attached hydrogens (tertiary/aromatic N) is 1. The van der Waals surface area contributed by atoms with E-state index in [1.54, 1.807) is 0 Å². The van der Waals surface area contributed by atoms with Crippen molar-refractivity contribution in [3.8, 4) is 0 Å². The molecule has 0 bridgehead atoms. The van der Waals surface area contributed by atoms with Gasteiger partial charge in [-0.05, 0) is 6.42 Å². The molecule has 0 aliphatic rings. The van der Waals surface area contributed by atoms with Crippen molar-refractivity contribution in [2.75, 3.05) is 6.54 Å². The first kappa shape index (κ1) is 16.7. The summed E-state index contributed by atoms with van der Waals surface area (Å²) in [6.45, 7) is 2.18. The highest BCUT2D eigenvalue weighted by atomic mass is 19.4. The molecule has 0 aromatic carbocycles. The van der Waals surface area contributed by atoms with Crippen LogP contribution in [0.2, 0.25) is 0 Å². The van der Waals surface area contributed by atoms with E-state index in [0.29, 0.717) is 11.4 Å². The molecule has 7 heteroatoms. The van der Waals surface area contributed by atoms with Gasteiger partial charge < -0.3 is 0 Å². The standard InChI is InChI=1S/C11H19F3N2O2/c1-2-3-4-5-6-7-8-16(9-17)15-10(18)11(12,13)14/h9H,2-8H2,1H3,(H,15,18). The summed E-state index contributed by atoms with van der Waals surface area (Å²) in [5.74, 6) is -2.12. The number of halogens is 3. The lowest BCUT2D eigenvalue weighted by molar-refractivity contribution is -0.179. The minimum absolute atomic E-state index is 0.0947. The molecule has 106 valence electrons. The van der Waals surface area contributed by atoms with Crippen LogP contribution >= 0.6 is 0 Å². The van der Waals surface area contributed by atoms with Crippen LogP contribution in [0.25, 0.3) is 0 Å². The predicted octanol–water partition coefficient (Wildman–Crippen LogP) is 2.40. The highest BCUT2D eigenvalue weighted by molar-refractivity contribution is 5.82. The van der Waals surface area contributed by atoms with Gasteiger partial charge in [-0.3, -0.25) is 20.0 Å². The zero-order valence-corrected chi connectivity index (χ0v) is 10.4. The first-order valence-electron chi connectivity index (χ1n) is 6.01. The lowest BCUT2D eigenvalue weighted by Crippen LogP contribution is -2.47. The van der Waals surface area contributed by atoms with E-state index in [1.165, 1.54) is 5.43 Å². The van der Waals surface area contributed by atoms with E-state index in [9.17, 15) is 22.8 Å². The molecule has 0 aromatic rings. The molecule has 2 amide bonds. The maximum atomic E-state index is 11.9. The predicted molar refractivity (Wildman–Crippen MR) is 60.3 cm³/mol. The number of alkyl halides is 3. The number of carbonyl (C=O) groups excluding carboxylic acids is 2. The van der Waals surface area contributed by atoms with Gasteiger partial charge in [0.2, 0.25) is 6.41 Å². The summed E-state index contributed by atoms with van der Waals surface area (Å²) in [5.41, 5.74) is 1.51. The smallest absolute Gasteiger partial charge is 0.277 e. The second-order valence-electron chi connectivity index (χ2n) is 4.01. The molecule has 1 N–H and O–H groups in total. The van der Waals surface area contributed by atoms with E-state index < -0.39 is 12.1 Å². The number of nitrogens with one attached hydrogen (secondary N) is 1. The first-order chi connectivity index (χ1) is 8.41. The van der Waals surface area contributed by atoms with Gasteiger partial charge in [0.05, 0.1) is 0 Å². The Balaban J connectivity index is 3.78. The van der Waals surface area contributed by atoms with Crippen LogP contribution in [-0.2, 0) is 9.59 Å². The fourth-order valence-electron chi connectivity index (χ4n) is 1.39. The van der Waals surface area contributed by atoms with Gasteiger partial charge in [0.25, 0.3) is 0 Å². The summed E-state index contributed by atoms with van der Waals surface area (Å²) in [7, 11) is 0. The zero-order valence-electron chi connectivity index (χ0n) is 10.4. The van der Waals surface area contributed by atoms with Gasteiger partial charge in [0, 0.05) is 6.54 Å². The fourth-order valence-corrected chi connectivity index (χ4v) is 1.39. The minimum Gasteiger partial charge on any atom is -0.277 e. The van der Waals surface area contributed by atoms with Crippen LogP contribution in [0.5, 0.6) is 0 Å². The molecular weight excluding hydrogens is 249 g/mol. The lowest BCUT2D eigenvalue weighted by atomic mass is 10.1. The van der Waals surface area contributed by atoms with Crippen LogP contribution in [0.1, 0.15) is 45.4 Å². The highest BCUT2D eigenvalue weighted by Crippen LogP contribution is 2.14. The van der Waals surface area contributed by atoms with Crippen molar-refractivity contribution >= 4 is 12.3 Å². The molecular formula is C11H19F3N2O2. The molecule has 0 aromatic heterocycles. The van der Waals surface area contributed by atoms with Crippen LogP contribution in [-0.4, -0.2) is 30.0 Å². The van der Waals surface area contributed by atoms with Crippen molar-refractivity contribution in [3.63, 3.8) is 0 Å². The second-order valence-corrected chi connectivity index (χ2v) is 4.01. The Morgan fingerprint density at radius 2 is 1.72 bits per heavy atom. The number of unbranched alkanes of at least 4 members (excludes halogenated alkanes) is 5. The van der Waals surface area contributed by atoms with Crippen LogP contribution in [0.15, 0.2) is 0 Å². The molecule has 0 atom stereocenters. The number of carbonyl (C=O) groups is 2. The number of hydrazine groups is 1. The molecule has 0 unspecified atom stereocenters. The van der Waals surface area contributed by atoms with Crippen molar-refractivity contribution in [2.45, 2.75) is 51.6 Å². The Labute approximate surface area is 104 Å². The third kappa shape index (κ3) is 7.92. The Hall–Kier alpha value is -1.27. The van der Waals surface area contributed by atoms with Crippen LogP contribution < -0.4 is 5.43 Å². The number of hydrogen-bond donors (Lipinski definition) is 1. The Bertz CT molecular complexity index is 257. The van der Waals surface area contributed by atoms with Crippen LogP contribution in [0.4, 0.5) is 13.2 Å². The second kappa shape index (κ2) is 8.77. The average Bonchev–Trinajstić information content (AvgIpc) is 2.30. The summed E-state index contributed by atoms with van der Waals surface area (Å²) in [6, 6.07) is 0. The Morgan fingerprint density at radius 1 is 1.17 bits per heavy atom. The van der Waals surface area contributed by atoms with Gasteiger partial charge in [0.15, 0.2) is 0 Å².